The lowest BCUT2D eigenvalue weighted by Crippen LogP contribution is -2.42. The molecule has 3 N–H and O–H groups in total. The minimum atomic E-state index is -0.751. The fourth-order valence-corrected chi connectivity index (χ4v) is 1.39. The largest absolute Gasteiger partial charge is 0.394 e. The number of aliphatic hydroxyl groups is 1. The van der Waals surface area contributed by atoms with Crippen LogP contribution in [0.4, 0.5) is 5.69 Å². The fourth-order valence-electron chi connectivity index (χ4n) is 1.39. The number of carbonyl (C=O) groups excluding carboxylic acids is 2. The number of amides is 2. The van der Waals surface area contributed by atoms with Gasteiger partial charge in [-0.25, -0.2) is 0 Å². The van der Waals surface area contributed by atoms with Crippen molar-refractivity contribution in [3.8, 4) is 0 Å². The summed E-state index contributed by atoms with van der Waals surface area (Å²) < 4.78 is 0. The second-order valence-corrected chi connectivity index (χ2v) is 4.07. The van der Waals surface area contributed by atoms with E-state index in [0.717, 1.165) is 12.0 Å². The van der Waals surface area contributed by atoms with Crippen LogP contribution in [0, 0.1) is 0 Å². The summed E-state index contributed by atoms with van der Waals surface area (Å²) in [4.78, 5) is 23.0. The van der Waals surface area contributed by atoms with Crippen LogP contribution in [-0.4, -0.2) is 29.6 Å². The number of rotatable bonds is 4. The van der Waals surface area contributed by atoms with Gasteiger partial charge < -0.3 is 15.7 Å². The summed E-state index contributed by atoms with van der Waals surface area (Å²) in [6.07, 6.45) is 0.859. The standard InChI is InChI=1S/C13H18N2O3/c1-3-10-5-4-6-11(7-10)15-13(18)12(17)14-9(2)8-16/h4-7,9,16H,3,8H2,1-2H3,(H,14,17)(H,15,18). The van der Waals surface area contributed by atoms with Crippen molar-refractivity contribution in [1.29, 1.82) is 0 Å². The zero-order valence-corrected chi connectivity index (χ0v) is 10.6. The number of hydrogen-bond acceptors (Lipinski definition) is 3. The maximum absolute atomic E-state index is 11.6. The van der Waals surface area contributed by atoms with Gasteiger partial charge in [0.15, 0.2) is 0 Å². The number of hydrogen-bond donors (Lipinski definition) is 3. The van der Waals surface area contributed by atoms with Crippen molar-refractivity contribution in [3.05, 3.63) is 29.8 Å². The van der Waals surface area contributed by atoms with Crippen molar-refractivity contribution in [2.24, 2.45) is 0 Å². The first kappa shape index (κ1) is 14.2. The number of nitrogens with one attached hydrogen (secondary N) is 2. The van der Waals surface area contributed by atoms with Gasteiger partial charge in [0, 0.05) is 11.7 Å². The van der Waals surface area contributed by atoms with Crippen molar-refractivity contribution < 1.29 is 14.7 Å². The number of anilines is 1. The molecular weight excluding hydrogens is 232 g/mol. The van der Waals surface area contributed by atoms with Crippen molar-refractivity contribution in [2.45, 2.75) is 26.3 Å². The number of carbonyl (C=O) groups is 2. The number of aliphatic hydroxyl groups excluding tert-OH is 1. The maximum atomic E-state index is 11.6. The second-order valence-electron chi connectivity index (χ2n) is 4.07. The highest BCUT2D eigenvalue weighted by Crippen LogP contribution is 2.10. The molecule has 0 aromatic heterocycles. The molecule has 0 aliphatic carbocycles. The normalized spacial score (nSPS) is 11.7. The molecule has 5 heteroatoms. The third kappa shape index (κ3) is 4.18. The SMILES string of the molecule is CCc1cccc(NC(=O)C(=O)NC(C)CO)c1. The van der Waals surface area contributed by atoms with Crippen LogP contribution < -0.4 is 10.6 Å². The highest BCUT2D eigenvalue weighted by atomic mass is 16.3. The first-order chi connectivity index (χ1) is 8.56. The van der Waals surface area contributed by atoms with Gasteiger partial charge in [-0.1, -0.05) is 19.1 Å². The molecule has 0 heterocycles. The monoisotopic (exact) mass is 250 g/mol. The summed E-state index contributed by atoms with van der Waals surface area (Å²) in [5, 5.41) is 13.7. The van der Waals surface area contributed by atoms with E-state index in [0.29, 0.717) is 5.69 Å². The first-order valence-corrected chi connectivity index (χ1v) is 5.88. The second kappa shape index (κ2) is 6.76. The Morgan fingerprint density at radius 3 is 2.67 bits per heavy atom. The van der Waals surface area contributed by atoms with Gasteiger partial charge in [0.05, 0.1) is 6.61 Å². The Labute approximate surface area is 106 Å². The predicted octanol–water partition coefficient (Wildman–Crippen LogP) is 0.684. The van der Waals surface area contributed by atoms with Crippen LogP contribution in [-0.2, 0) is 16.0 Å². The van der Waals surface area contributed by atoms with Crippen LogP contribution in [0.15, 0.2) is 24.3 Å². The van der Waals surface area contributed by atoms with Gasteiger partial charge in [-0.15, -0.1) is 0 Å². The van der Waals surface area contributed by atoms with Crippen LogP contribution in [0.1, 0.15) is 19.4 Å². The van der Waals surface area contributed by atoms with Gasteiger partial charge in [-0.3, -0.25) is 9.59 Å². The average molecular weight is 250 g/mol. The summed E-state index contributed by atoms with van der Waals surface area (Å²) in [5.41, 5.74) is 1.67. The van der Waals surface area contributed by atoms with E-state index in [-0.39, 0.29) is 6.61 Å². The summed E-state index contributed by atoms with van der Waals surface area (Å²) >= 11 is 0. The molecule has 0 aliphatic heterocycles. The molecule has 0 spiro atoms. The molecular formula is C13H18N2O3. The van der Waals surface area contributed by atoms with E-state index in [4.69, 9.17) is 5.11 Å². The molecule has 0 fully saturated rings. The van der Waals surface area contributed by atoms with Gasteiger partial charge in [-0.2, -0.15) is 0 Å². The van der Waals surface area contributed by atoms with Crippen LogP contribution in [0.5, 0.6) is 0 Å². The van der Waals surface area contributed by atoms with Gasteiger partial charge in [0.2, 0.25) is 0 Å². The van der Waals surface area contributed by atoms with E-state index in [2.05, 4.69) is 10.6 Å². The Kier molecular flexibility index (Phi) is 5.32. The summed E-state index contributed by atoms with van der Waals surface area (Å²) in [5.74, 6) is -1.48. The van der Waals surface area contributed by atoms with Crippen molar-refractivity contribution in [3.63, 3.8) is 0 Å². The predicted molar refractivity (Wildman–Crippen MR) is 69.1 cm³/mol. The van der Waals surface area contributed by atoms with Gasteiger partial charge in [0.1, 0.15) is 0 Å². The van der Waals surface area contributed by atoms with Crippen LogP contribution >= 0.6 is 0 Å². The van der Waals surface area contributed by atoms with Gasteiger partial charge in [0.25, 0.3) is 0 Å². The van der Waals surface area contributed by atoms with Crippen molar-refractivity contribution >= 4 is 17.5 Å². The van der Waals surface area contributed by atoms with Crippen molar-refractivity contribution in [1.82, 2.24) is 5.32 Å². The topological polar surface area (TPSA) is 78.4 Å². The van der Waals surface area contributed by atoms with Crippen molar-refractivity contribution in [2.75, 3.05) is 11.9 Å². The molecule has 0 saturated heterocycles. The third-order valence-corrected chi connectivity index (χ3v) is 2.45. The Bertz CT molecular complexity index is 432. The first-order valence-electron chi connectivity index (χ1n) is 5.88. The van der Waals surface area contributed by atoms with E-state index in [1.165, 1.54) is 0 Å². The summed E-state index contributed by atoms with van der Waals surface area (Å²) in [6.45, 7) is 3.42. The minimum Gasteiger partial charge on any atom is -0.394 e. The molecule has 2 amide bonds. The van der Waals surface area contributed by atoms with Crippen LogP contribution in [0.2, 0.25) is 0 Å². The zero-order chi connectivity index (χ0) is 13.5. The Balaban J connectivity index is 2.60. The smallest absolute Gasteiger partial charge is 0.313 e. The van der Waals surface area contributed by atoms with Gasteiger partial charge >= 0.3 is 11.8 Å². The lowest BCUT2D eigenvalue weighted by molar-refractivity contribution is -0.136. The zero-order valence-electron chi connectivity index (χ0n) is 10.6. The molecule has 1 atom stereocenters. The highest BCUT2D eigenvalue weighted by Gasteiger charge is 2.15. The van der Waals surface area contributed by atoms with E-state index < -0.39 is 17.9 Å². The maximum Gasteiger partial charge on any atom is 0.313 e. The molecule has 0 aliphatic rings. The third-order valence-electron chi connectivity index (χ3n) is 2.45. The Morgan fingerprint density at radius 1 is 1.33 bits per heavy atom. The van der Waals surface area contributed by atoms with E-state index >= 15 is 0 Å². The highest BCUT2D eigenvalue weighted by molar-refractivity contribution is 6.39. The molecule has 0 saturated carbocycles. The molecule has 0 bridgehead atoms. The summed E-state index contributed by atoms with van der Waals surface area (Å²) in [6, 6.07) is 6.87. The molecule has 1 aromatic carbocycles. The Morgan fingerprint density at radius 2 is 2.06 bits per heavy atom. The average Bonchev–Trinajstić information content (AvgIpc) is 2.38. The number of benzene rings is 1. The Hall–Kier alpha value is -1.88. The van der Waals surface area contributed by atoms with E-state index in [1.54, 1.807) is 13.0 Å². The number of aryl methyl sites for hydroxylation is 1. The molecule has 1 aromatic rings. The van der Waals surface area contributed by atoms with E-state index in [9.17, 15) is 9.59 Å². The molecule has 98 valence electrons. The van der Waals surface area contributed by atoms with Crippen LogP contribution in [0.25, 0.3) is 0 Å². The molecule has 18 heavy (non-hydrogen) atoms. The van der Waals surface area contributed by atoms with Gasteiger partial charge in [-0.05, 0) is 31.0 Å². The minimum absolute atomic E-state index is 0.204. The summed E-state index contributed by atoms with van der Waals surface area (Å²) in [7, 11) is 0. The van der Waals surface area contributed by atoms with Crippen LogP contribution in [0.3, 0.4) is 0 Å². The lowest BCUT2D eigenvalue weighted by atomic mass is 10.1. The van der Waals surface area contributed by atoms with E-state index in [1.807, 2.05) is 25.1 Å². The molecule has 1 rings (SSSR count). The molecule has 5 nitrogen and oxygen atoms in total. The molecule has 1 unspecified atom stereocenters. The fraction of sp³-hybridized carbons (Fsp3) is 0.385. The molecule has 0 radical (unpaired) electrons. The quantitative estimate of drug-likeness (QED) is 0.688. The lowest BCUT2D eigenvalue weighted by Gasteiger charge is -2.11.